The van der Waals surface area contributed by atoms with E-state index in [0.29, 0.717) is 6.04 Å². The minimum absolute atomic E-state index is 0.387. The van der Waals surface area contributed by atoms with Gasteiger partial charge in [-0.25, -0.2) is 4.98 Å². The van der Waals surface area contributed by atoms with E-state index in [-0.39, 0.29) is 0 Å². The highest BCUT2D eigenvalue weighted by Gasteiger charge is 2.11. The van der Waals surface area contributed by atoms with Gasteiger partial charge < -0.3 is 9.30 Å². The molecule has 1 heterocycles. The Morgan fingerprint density at radius 2 is 2.13 bits per heavy atom. The molecular formula is C11H13BrN2O. The summed E-state index contributed by atoms with van der Waals surface area (Å²) in [4.78, 5) is 4.44. The highest BCUT2D eigenvalue weighted by molar-refractivity contribution is 9.10. The summed E-state index contributed by atoms with van der Waals surface area (Å²) in [6.45, 7) is 4.27. The molecule has 0 saturated heterocycles. The van der Waals surface area contributed by atoms with Crippen molar-refractivity contribution in [3.8, 4) is 5.75 Å². The standard InChI is InChI=1S/C11H13BrN2O/c1-7(2)14-10-5-4-8(15-3)6-9(10)13-11(14)12/h4-7H,1-3H3. The third kappa shape index (κ3) is 1.74. The number of methoxy groups -OCH3 is 1. The Labute approximate surface area is 97.2 Å². The quantitative estimate of drug-likeness (QED) is 0.835. The lowest BCUT2D eigenvalue weighted by Gasteiger charge is -2.09. The van der Waals surface area contributed by atoms with Gasteiger partial charge in [0.25, 0.3) is 0 Å². The predicted octanol–water partition coefficient (Wildman–Crippen LogP) is 3.39. The maximum atomic E-state index is 5.17. The molecular weight excluding hydrogens is 256 g/mol. The fraction of sp³-hybridized carbons (Fsp3) is 0.364. The molecule has 2 aromatic rings. The maximum absolute atomic E-state index is 5.17. The molecule has 0 saturated carbocycles. The van der Waals surface area contributed by atoms with Crippen LogP contribution in [-0.4, -0.2) is 16.7 Å². The molecule has 1 aromatic heterocycles. The number of benzene rings is 1. The van der Waals surface area contributed by atoms with Gasteiger partial charge in [-0.15, -0.1) is 0 Å². The smallest absolute Gasteiger partial charge is 0.178 e. The lowest BCUT2D eigenvalue weighted by molar-refractivity contribution is 0.415. The Kier molecular flexibility index (Phi) is 2.69. The second-order valence-electron chi connectivity index (χ2n) is 3.70. The summed E-state index contributed by atoms with van der Waals surface area (Å²) in [5.41, 5.74) is 2.08. The molecule has 80 valence electrons. The van der Waals surface area contributed by atoms with Crippen LogP contribution in [-0.2, 0) is 0 Å². The minimum Gasteiger partial charge on any atom is -0.497 e. The summed E-state index contributed by atoms with van der Waals surface area (Å²) in [6.07, 6.45) is 0. The zero-order valence-corrected chi connectivity index (χ0v) is 10.6. The van der Waals surface area contributed by atoms with Gasteiger partial charge in [-0.3, -0.25) is 0 Å². The molecule has 0 unspecified atom stereocenters. The van der Waals surface area contributed by atoms with Crippen LogP contribution in [0.3, 0.4) is 0 Å². The van der Waals surface area contributed by atoms with E-state index in [1.54, 1.807) is 7.11 Å². The lowest BCUT2D eigenvalue weighted by atomic mass is 10.3. The van der Waals surface area contributed by atoms with Gasteiger partial charge in [0.1, 0.15) is 5.75 Å². The average Bonchev–Trinajstić information content (AvgIpc) is 2.52. The largest absolute Gasteiger partial charge is 0.497 e. The van der Waals surface area contributed by atoms with Crippen molar-refractivity contribution in [1.82, 2.24) is 9.55 Å². The fourth-order valence-electron chi connectivity index (χ4n) is 1.67. The molecule has 0 aliphatic carbocycles. The second kappa shape index (κ2) is 3.85. The Morgan fingerprint density at radius 3 is 2.73 bits per heavy atom. The Bertz CT molecular complexity index is 491. The Morgan fingerprint density at radius 1 is 1.40 bits per heavy atom. The molecule has 15 heavy (non-hydrogen) atoms. The van der Waals surface area contributed by atoms with E-state index in [1.165, 1.54) is 0 Å². The number of hydrogen-bond acceptors (Lipinski definition) is 2. The van der Waals surface area contributed by atoms with E-state index in [1.807, 2.05) is 18.2 Å². The molecule has 0 spiro atoms. The van der Waals surface area contributed by atoms with Crippen LogP contribution in [0.2, 0.25) is 0 Å². The van der Waals surface area contributed by atoms with Gasteiger partial charge in [-0.2, -0.15) is 0 Å². The van der Waals surface area contributed by atoms with Crippen LogP contribution in [0, 0.1) is 0 Å². The number of fused-ring (bicyclic) bond motifs is 1. The lowest BCUT2D eigenvalue weighted by Crippen LogP contribution is -2.00. The summed E-state index contributed by atoms with van der Waals surface area (Å²) in [7, 11) is 1.66. The number of halogens is 1. The van der Waals surface area contributed by atoms with Gasteiger partial charge >= 0.3 is 0 Å². The molecule has 2 rings (SSSR count). The van der Waals surface area contributed by atoms with Gasteiger partial charge in [0, 0.05) is 12.1 Å². The number of imidazole rings is 1. The Balaban J connectivity index is 2.68. The predicted molar refractivity (Wildman–Crippen MR) is 64.4 cm³/mol. The molecule has 0 fully saturated rings. The molecule has 0 aliphatic heterocycles. The van der Waals surface area contributed by atoms with Crippen LogP contribution >= 0.6 is 15.9 Å². The zero-order valence-electron chi connectivity index (χ0n) is 8.99. The zero-order chi connectivity index (χ0) is 11.0. The van der Waals surface area contributed by atoms with Crippen molar-refractivity contribution < 1.29 is 4.74 Å². The third-order valence-electron chi connectivity index (χ3n) is 2.37. The van der Waals surface area contributed by atoms with Gasteiger partial charge in [-0.05, 0) is 41.9 Å². The average molecular weight is 269 g/mol. The SMILES string of the molecule is COc1ccc2c(c1)nc(Br)n2C(C)C. The second-order valence-corrected chi connectivity index (χ2v) is 4.41. The van der Waals surface area contributed by atoms with Gasteiger partial charge in [-0.1, -0.05) is 0 Å². The summed E-state index contributed by atoms with van der Waals surface area (Å²) < 4.78 is 8.18. The van der Waals surface area contributed by atoms with Crippen molar-refractivity contribution in [2.24, 2.45) is 0 Å². The molecule has 0 amide bonds. The molecule has 0 N–H and O–H groups in total. The van der Waals surface area contributed by atoms with Crippen molar-refractivity contribution >= 4 is 27.0 Å². The van der Waals surface area contributed by atoms with Gasteiger partial charge in [0.15, 0.2) is 4.73 Å². The summed E-state index contributed by atoms with van der Waals surface area (Å²) >= 11 is 3.47. The molecule has 4 heteroatoms. The van der Waals surface area contributed by atoms with E-state index >= 15 is 0 Å². The monoisotopic (exact) mass is 268 g/mol. The molecule has 1 aromatic carbocycles. The van der Waals surface area contributed by atoms with Crippen molar-refractivity contribution in [2.75, 3.05) is 7.11 Å². The van der Waals surface area contributed by atoms with Crippen molar-refractivity contribution in [3.05, 3.63) is 22.9 Å². The van der Waals surface area contributed by atoms with E-state index < -0.39 is 0 Å². The number of ether oxygens (including phenoxy) is 1. The molecule has 0 bridgehead atoms. The van der Waals surface area contributed by atoms with Crippen molar-refractivity contribution in [3.63, 3.8) is 0 Å². The van der Waals surface area contributed by atoms with Crippen LogP contribution < -0.4 is 4.74 Å². The topological polar surface area (TPSA) is 27.1 Å². The summed E-state index contributed by atoms with van der Waals surface area (Å²) in [5.74, 6) is 0.836. The first-order chi connectivity index (χ1) is 7.13. The van der Waals surface area contributed by atoms with Crippen LogP contribution in [0.1, 0.15) is 19.9 Å². The van der Waals surface area contributed by atoms with E-state index in [9.17, 15) is 0 Å². The number of hydrogen-bond donors (Lipinski definition) is 0. The van der Waals surface area contributed by atoms with Crippen LogP contribution in [0.25, 0.3) is 11.0 Å². The van der Waals surface area contributed by atoms with Crippen LogP contribution in [0.4, 0.5) is 0 Å². The van der Waals surface area contributed by atoms with E-state index in [4.69, 9.17) is 4.74 Å². The fourth-order valence-corrected chi connectivity index (χ4v) is 2.46. The van der Waals surface area contributed by atoms with E-state index in [0.717, 1.165) is 21.5 Å². The first-order valence-electron chi connectivity index (χ1n) is 4.85. The van der Waals surface area contributed by atoms with E-state index in [2.05, 4.69) is 39.3 Å². The molecule has 3 nitrogen and oxygen atoms in total. The van der Waals surface area contributed by atoms with Crippen LogP contribution in [0.5, 0.6) is 5.75 Å². The summed E-state index contributed by atoms with van der Waals surface area (Å²) in [6, 6.07) is 6.32. The van der Waals surface area contributed by atoms with Gasteiger partial charge in [0.2, 0.25) is 0 Å². The summed E-state index contributed by atoms with van der Waals surface area (Å²) in [5, 5.41) is 0. The van der Waals surface area contributed by atoms with Crippen molar-refractivity contribution in [1.29, 1.82) is 0 Å². The first-order valence-corrected chi connectivity index (χ1v) is 5.64. The maximum Gasteiger partial charge on any atom is 0.178 e. The highest BCUT2D eigenvalue weighted by Crippen LogP contribution is 2.27. The third-order valence-corrected chi connectivity index (χ3v) is 2.93. The molecule has 0 aliphatic rings. The molecule has 0 radical (unpaired) electrons. The normalized spacial score (nSPS) is 11.3. The minimum atomic E-state index is 0.387. The highest BCUT2D eigenvalue weighted by atomic mass is 79.9. The van der Waals surface area contributed by atoms with Crippen molar-refractivity contribution in [2.45, 2.75) is 19.9 Å². The first kappa shape index (κ1) is 10.5. The number of aromatic nitrogens is 2. The Hall–Kier alpha value is -1.03. The number of nitrogens with zero attached hydrogens (tertiary/aromatic N) is 2. The van der Waals surface area contributed by atoms with Gasteiger partial charge in [0.05, 0.1) is 18.1 Å². The molecule has 0 atom stereocenters. The van der Waals surface area contributed by atoms with Crippen LogP contribution in [0.15, 0.2) is 22.9 Å². The number of rotatable bonds is 2.